The van der Waals surface area contributed by atoms with E-state index in [1.54, 1.807) is 26.5 Å². The van der Waals surface area contributed by atoms with Crippen molar-refractivity contribution in [1.29, 1.82) is 0 Å². The average Bonchev–Trinajstić information content (AvgIpc) is 2.53. The first kappa shape index (κ1) is 15.2. The fraction of sp³-hybridized carbons (Fsp3) is 0.294. The third-order valence-electron chi connectivity index (χ3n) is 3.41. The van der Waals surface area contributed by atoms with Crippen LogP contribution >= 0.6 is 0 Å². The second-order valence-electron chi connectivity index (χ2n) is 4.76. The Morgan fingerprint density at radius 1 is 1.38 bits per heavy atom. The van der Waals surface area contributed by atoms with Crippen molar-refractivity contribution in [2.24, 2.45) is 0 Å². The van der Waals surface area contributed by atoms with Gasteiger partial charge in [0.2, 0.25) is 0 Å². The summed E-state index contributed by atoms with van der Waals surface area (Å²) in [6.45, 7) is 3.68. The Kier molecular flexibility index (Phi) is 5.06. The van der Waals surface area contributed by atoms with Crippen LogP contribution in [-0.4, -0.2) is 31.1 Å². The van der Waals surface area contributed by atoms with E-state index >= 15 is 0 Å². The molecule has 1 heterocycles. The van der Waals surface area contributed by atoms with Gasteiger partial charge in [0.25, 0.3) is 0 Å². The zero-order valence-electron chi connectivity index (χ0n) is 12.3. The molecule has 0 saturated carbocycles. The van der Waals surface area contributed by atoms with Crippen LogP contribution in [0.4, 0.5) is 0 Å². The van der Waals surface area contributed by atoms with Gasteiger partial charge in [0.15, 0.2) is 5.78 Å². The minimum Gasteiger partial charge on any atom is -0.497 e. The molecule has 1 aromatic heterocycles. The molecule has 0 radical (unpaired) electrons. The number of pyridine rings is 1. The van der Waals surface area contributed by atoms with Gasteiger partial charge in [0, 0.05) is 25.1 Å². The zero-order valence-corrected chi connectivity index (χ0v) is 12.3. The number of ketones is 1. The first-order valence-corrected chi connectivity index (χ1v) is 6.79. The smallest absolute Gasteiger partial charge is 0.184 e. The van der Waals surface area contributed by atoms with Gasteiger partial charge in [-0.05, 0) is 30.0 Å². The van der Waals surface area contributed by atoms with E-state index in [9.17, 15) is 4.79 Å². The molecule has 0 aliphatic carbocycles. The van der Waals surface area contributed by atoms with Crippen LogP contribution in [0, 0.1) is 0 Å². The average molecular weight is 285 g/mol. The molecule has 0 bridgehead atoms. The quantitative estimate of drug-likeness (QED) is 0.578. The summed E-state index contributed by atoms with van der Waals surface area (Å²) in [5.74, 6) is 0.668. The number of benzene rings is 1. The first-order chi connectivity index (χ1) is 10.2. The molecule has 0 amide bonds. The highest BCUT2D eigenvalue weighted by molar-refractivity contribution is 6.06. The molecule has 1 unspecified atom stereocenters. The number of carbonyl (C=O) groups excluding carboxylic acids is 1. The Morgan fingerprint density at radius 3 is 2.86 bits per heavy atom. The molecule has 2 aromatic rings. The third-order valence-corrected chi connectivity index (χ3v) is 3.41. The van der Waals surface area contributed by atoms with E-state index in [2.05, 4.69) is 11.6 Å². The Hall–Kier alpha value is -2.20. The molecular formula is C17H19NO3. The molecule has 0 N–H and O–H groups in total. The minimum absolute atomic E-state index is 0.0393. The highest BCUT2D eigenvalue weighted by Crippen LogP contribution is 2.24. The van der Waals surface area contributed by atoms with E-state index in [4.69, 9.17) is 9.47 Å². The molecule has 21 heavy (non-hydrogen) atoms. The lowest BCUT2D eigenvalue weighted by Crippen LogP contribution is -2.16. The fourth-order valence-electron chi connectivity index (χ4n) is 2.25. The molecular weight excluding hydrogens is 266 g/mol. The summed E-state index contributed by atoms with van der Waals surface area (Å²) in [6.07, 6.45) is 4.15. The van der Waals surface area contributed by atoms with Crippen LogP contribution in [0.5, 0.6) is 5.75 Å². The second-order valence-corrected chi connectivity index (χ2v) is 4.76. The number of fused-ring (bicyclic) bond motifs is 1. The van der Waals surface area contributed by atoms with Crippen LogP contribution in [0.1, 0.15) is 23.3 Å². The maximum absolute atomic E-state index is 12.5. The standard InChI is InChI=1S/C17H19NO3/c1-4-5-13(20-2)11-16(19)17-15-10-14(21-3)7-6-12(15)8-9-18-17/h4,6-10,13H,1,5,11H2,2-3H3. The number of rotatable bonds is 7. The monoisotopic (exact) mass is 285 g/mol. The van der Waals surface area contributed by atoms with Crippen molar-refractivity contribution in [3.8, 4) is 5.75 Å². The van der Waals surface area contributed by atoms with E-state index in [0.717, 1.165) is 10.8 Å². The summed E-state index contributed by atoms with van der Waals surface area (Å²) in [6, 6.07) is 7.50. The lowest BCUT2D eigenvalue weighted by molar-refractivity contribution is 0.0741. The van der Waals surface area contributed by atoms with Crippen LogP contribution < -0.4 is 4.74 Å². The van der Waals surface area contributed by atoms with Gasteiger partial charge in [-0.15, -0.1) is 6.58 Å². The van der Waals surface area contributed by atoms with Crippen molar-refractivity contribution in [2.75, 3.05) is 14.2 Å². The normalized spacial score (nSPS) is 12.1. The molecule has 4 nitrogen and oxygen atoms in total. The van der Waals surface area contributed by atoms with Crippen molar-refractivity contribution >= 4 is 16.6 Å². The SMILES string of the molecule is C=CCC(CC(=O)c1nccc2ccc(OC)cc12)OC. The molecule has 1 atom stereocenters. The highest BCUT2D eigenvalue weighted by atomic mass is 16.5. The van der Waals surface area contributed by atoms with Crippen molar-refractivity contribution in [3.63, 3.8) is 0 Å². The summed E-state index contributed by atoms with van der Waals surface area (Å²) in [4.78, 5) is 16.7. The second kappa shape index (κ2) is 6.99. The molecule has 110 valence electrons. The molecule has 0 aliphatic rings. The van der Waals surface area contributed by atoms with E-state index in [-0.39, 0.29) is 18.3 Å². The highest BCUT2D eigenvalue weighted by Gasteiger charge is 2.17. The maximum atomic E-state index is 12.5. The Balaban J connectivity index is 2.36. The van der Waals surface area contributed by atoms with Crippen LogP contribution in [-0.2, 0) is 4.74 Å². The predicted molar refractivity (Wildman–Crippen MR) is 82.9 cm³/mol. The van der Waals surface area contributed by atoms with E-state index in [1.807, 2.05) is 24.3 Å². The zero-order chi connectivity index (χ0) is 15.2. The van der Waals surface area contributed by atoms with Crippen LogP contribution in [0.2, 0.25) is 0 Å². The van der Waals surface area contributed by atoms with E-state index in [1.165, 1.54) is 0 Å². The number of carbonyl (C=O) groups is 1. The molecule has 2 rings (SSSR count). The van der Waals surface area contributed by atoms with Gasteiger partial charge in [-0.25, -0.2) is 0 Å². The molecule has 0 saturated heterocycles. The largest absolute Gasteiger partial charge is 0.497 e. The number of methoxy groups -OCH3 is 2. The van der Waals surface area contributed by atoms with Gasteiger partial charge >= 0.3 is 0 Å². The number of nitrogens with zero attached hydrogens (tertiary/aromatic N) is 1. The van der Waals surface area contributed by atoms with Gasteiger partial charge in [0.1, 0.15) is 11.4 Å². The maximum Gasteiger partial charge on any atom is 0.184 e. The minimum atomic E-state index is -0.169. The van der Waals surface area contributed by atoms with Crippen molar-refractivity contribution in [2.45, 2.75) is 18.9 Å². The predicted octanol–water partition coefficient (Wildman–Crippen LogP) is 3.41. The van der Waals surface area contributed by atoms with Gasteiger partial charge in [0.05, 0.1) is 13.2 Å². The summed E-state index contributed by atoms with van der Waals surface area (Å²) >= 11 is 0. The topological polar surface area (TPSA) is 48.4 Å². The Morgan fingerprint density at radius 2 is 2.19 bits per heavy atom. The van der Waals surface area contributed by atoms with Gasteiger partial charge in [-0.3, -0.25) is 9.78 Å². The molecule has 1 aromatic carbocycles. The Labute approximate surface area is 124 Å². The summed E-state index contributed by atoms with van der Waals surface area (Å²) in [7, 11) is 3.20. The number of hydrogen-bond acceptors (Lipinski definition) is 4. The molecule has 0 aliphatic heterocycles. The summed E-state index contributed by atoms with van der Waals surface area (Å²) < 4.78 is 10.5. The van der Waals surface area contributed by atoms with Gasteiger partial charge in [-0.2, -0.15) is 0 Å². The number of ether oxygens (including phenoxy) is 2. The summed E-state index contributed by atoms with van der Waals surface area (Å²) in [5, 5.41) is 1.77. The number of aromatic nitrogens is 1. The van der Waals surface area contributed by atoms with E-state index in [0.29, 0.717) is 17.9 Å². The number of Topliss-reactive ketones (excluding diaryl/α,β-unsaturated/α-hetero) is 1. The number of hydrogen-bond donors (Lipinski definition) is 0. The van der Waals surface area contributed by atoms with Gasteiger partial charge in [-0.1, -0.05) is 12.1 Å². The lowest BCUT2D eigenvalue weighted by Gasteiger charge is -2.13. The molecule has 0 fully saturated rings. The van der Waals surface area contributed by atoms with Crippen molar-refractivity contribution in [1.82, 2.24) is 4.98 Å². The third kappa shape index (κ3) is 3.47. The van der Waals surface area contributed by atoms with Crippen LogP contribution in [0.3, 0.4) is 0 Å². The lowest BCUT2D eigenvalue weighted by atomic mass is 10.0. The summed E-state index contributed by atoms with van der Waals surface area (Å²) in [5.41, 5.74) is 0.456. The molecule has 0 spiro atoms. The van der Waals surface area contributed by atoms with Crippen molar-refractivity contribution < 1.29 is 14.3 Å². The van der Waals surface area contributed by atoms with Gasteiger partial charge < -0.3 is 9.47 Å². The fourth-order valence-corrected chi connectivity index (χ4v) is 2.25. The van der Waals surface area contributed by atoms with E-state index < -0.39 is 0 Å². The van der Waals surface area contributed by atoms with Crippen LogP contribution in [0.25, 0.3) is 10.8 Å². The van der Waals surface area contributed by atoms with Crippen LogP contribution in [0.15, 0.2) is 43.1 Å². The molecule has 4 heteroatoms. The van der Waals surface area contributed by atoms with Crippen molar-refractivity contribution in [3.05, 3.63) is 48.8 Å². The Bertz CT molecular complexity index is 652. The first-order valence-electron chi connectivity index (χ1n) is 6.79.